The maximum Gasteiger partial charge on any atom is 0.384 e. The summed E-state index contributed by atoms with van der Waals surface area (Å²) < 4.78 is 14.9. The number of ether oxygens (including phenoxy) is 3. The largest absolute Gasteiger partial charge is 0.456 e. The Morgan fingerprint density at radius 3 is 2.47 bits per heavy atom. The van der Waals surface area contributed by atoms with Crippen molar-refractivity contribution < 1.29 is 19.0 Å². The molecule has 15 heavy (non-hydrogen) atoms. The van der Waals surface area contributed by atoms with E-state index < -0.39 is 5.97 Å². The van der Waals surface area contributed by atoms with Crippen molar-refractivity contribution >= 4 is 5.97 Å². The Labute approximate surface area is 90.9 Å². The van der Waals surface area contributed by atoms with Crippen LogP contribution in [0, 0.1) is 11.8 Å². The second-order valence-electron chi connectivity index (χ2n) is 2.58. The van der Waals surface area contributed by atoms with Gasteiger partial charge in [0.15, 0.2) is 0 Å². The van der Waals surface area contributed by atoms with Crippen LogP contribution in [0.2, 0.25) is 0 Å². The summed E-state index contributed by atoms with van der Waals surface area (Å²) >= 11 is 0. The van der Waals surface area contributed by atoms with Gasteiger partial charge < -0.3 is 14.2 Å². The molecule has 0 aliphatic carbocycles. The Hall–Kier alpha value is -1.05. The average molecular weight is 214 g/mol. The van der Waals surface area contributed by atoms with Crippen LogP contribution in [-0.4, -0.2) is 39.0 Å². The Balaban J connectivity index is 3.26. The van der Waals surface area contributed by atoms with Crippen molar-refractivity contribution in [3.63, 3.8) is 0 Å². The van der Waals surface area contributed by atoms with Gasteiger partial charge in [0.05, 0.1) is 26.4 Å². The van der Waals surface area contributed by atoms with Gasteiger partial charge in [-0.05, 0) is 13.8 Å². The maximum atomic E-state index is 10.8. The second-order valence-corrected chi connectivity index (χ2v) is 2.58. The molecule has 0 aliphatic rings. The summed E-state index contributed by atoms with van der Waals surface area (Å²) in [6.07, 6.45) is 0.533. The lowest BCUT2D eigenvalue weighted by Crippen LogP contribution is -2.04. The molecule has 0 saturated carbocycles. The predicted octanol–water partition coefficient (Wildman–Crippen LogP) is 0.996. The second kappa shape index (κ2) is 11.0. The topological polar surface area (TPSA) is 44.8 Å². The molecule has 0 aromatic carbocycles. The van der Waals surface area contributed by atoms with Gasteiger partial charge in [-0.2, -0.15) is 0 Å². The molecule has 0 atom stereocenters. The molecule has 4 heteroatoms. The van der Waals surface area contributed by atoms with Gasteiger partial charge in [0.25, 0.3) is 0 Å². The van der Waals surface area contributed by atoms with Crippen LogP contribution in [0.15, 0.2) is 0 Å². The summed E-state index contributed by atoms with van der Waals surface area (Å²) in [6.45, 7) is 6.42. The van der Waals surface area contributed by atoms with Crippen LogP contribution in [0.5, 0.6) is 0 Å². The first kappa shape index (κ1) is 13.9. The van der Waals surface area contributed by atoms with Crippen LogP contribution in [0.25, 0.3) is 0 Å². The predicted molar refractivity (Wildman–Crippen MR) is 56.3 cm³/mol. The van der Waals surface area contributed by atoms with E-state index in [1.807, 2.05) is 6.92 Å². The highest BCUT2D eigenvalue weighted by Crippen LogP contribution is 1.82. The van der Waals surface area contributed by atoms with Crippen LogP contribution in [0.1, 0.15) is 20.3 Å². The van der Waals surface area contributed by atoms with E-state index in [1.54, 1.807) is 6.92 Å². The molecule has 0 N–H and O–H groups in total. The molecule has 0 spiro atoms. The van der Waals surface area contributed by atoms with Crippen molar-refractivity contribution in [3.8, 4) is 11.8 Å². The molecule has 0 bridgehead atoms. The van der Waals surface area contributed by atoms with Crippen molar-refractivity contribution in [1.29, 1.82) is 0 Å². The highest BCUT2D eigenvalue weighted by Gasteiger charge is 1.91. The van der Waals surface area contributed by atoms with Crippen molar-refractivity contribution in [2.24, 2.45) is 0 Å². The van der Waals surface area contributed by atoms with E-state index in [4.69, 9.17) is 9.47 Å². The lowest BCUT2D eigenvalue weighted by molar-refractivity contribution is -0.136. The van der Waals surface area contributed by atoms with E-state index >= 15 is 0 Å². The van der Waals surface area contributed by atoms with Gasteiger partial charge in [-0.1, -0.05) is 5.92 Å². The first-order chi connectivity index (χ1) is 7.31. The summed E-state index contributed by atoms with van der Waals surface area (Å²) in [5, 5.41) is 0. The van der Waals surface area contributed by atoms with Gasteiger partial charge in [-0.15, -0.1) is 0 Å². The fourth-order valence-corrected chi connectivity index (χ4v) is 0.789. The third-order valence-corrected chi connectivity index (χ3v) is 1.41. The van der Waals surface area contributed by atoms with E-state index in [9.17, 15) is 4.79 Å². The molecule has 86 valence electrons. The van der Waals surface area contributed by atoms with Crippen LogP contribution in [0.3, 0.4) is 0 Å². The third kappa shape index (κ3) is 10.9. The summed E-state index contributed by atoms with van der Waals surface area (Å²) in [4.78, 5) is 10.8. The van der Waals surface area contributed by atoms with E-state index in [0.29, 0.717) is 39.5 Å². The van der Waals surface area contributed by atoms with Gasteiger partial charge in [-0.25, -0.2) is 4.79 Å². The van der Waals surface area contributed by atoms with E-state index in [1.165, 1.54) is 0 Å². The van der Waals surface area contributed by atoms with Gasteiger partial charge in [0.2, 0.25) is 0 Å². The van der Waals surface area contributed by atoms with Gasteiger partial charge >= 0.3 is 5.97 Å². The van der Waals surface area contributed by atoms with Gasteiger partial charge in [-0.3, -0.25) is 0 Å². The number of hydrogen-bond donors (Lipinski definition) is 0. The fourth-order valence-electron chi connectivity index (χ4n) is 0.789. The maximum absolute atomic E-state index is 10.8. The molecule has 0 saturated heterocycles. The van der Waals surface area contributed by atoms with Crippen molar-refractivity contribution in [1.82, 2.24) is 0 Å². The first-order valence-electron chi connectivity index (χ1n) is 5.12. The Morgan fingerprint density at radius 1 is 1.07 bits per heavy atom. The standard InChI is InChI=1S/C11H18O4/c1-3-13-9-10-14-8-6-5-7-11(12)15-4-2/h3-4,6,8-10H2,1-2H3. The molecule has 0 aliphatic heterocycles. The van der Waals surface area contributed by atoms with Crippen LogP contribution >= 0.6 is 0 Å². The number of carbonyl (C=O) groups excluding carboxylic acids is 1. The summed E-state index contributed by atoms with van der Waals surface area (Å²) in [5.74, 6) is 4.55. The summed E-state index contributed by atoms with van der Waals surface area (Å²) in [5.41, 5.74) is 0. The van der Waals surface area contributed by atoms with Crippen LogP contribution in [-0.2, 0) is 19.0 Å². The minimum atomic E-state index is -0.480. The molecule has 0 amide bonds. The highest BCUT2D eigenvalue weighted by atomic mass is 16.5. The molecule has 0 aromatic heterocycles. The normalized spacial score (nSPS) is 9.20. The smallest absolute Gasteiger partial charge is 0.384 e. The fraction of sp³-hybridized carbons (Fsp3) is 0.727. The highest BCUT2D eigenvalue weighted by molar-refractivity contribution is 5.88. The molecule has 4 nitrogen and oxygen atoms in total. The Bertz CT molecular complexity index is 214. The zero-order valence-corrected chi connectivity index (χ0v) is 9.38. The molecule has 0 rings (SSSR count). The average Bonchev–Trinajstić information content (AvgIpc) is 2.22. The van der Waals surface area contributed by atoms with E-state index in [2.05, 4.69) is 16.6 Å². The summed E-state index contributed by atoms with van der Waals surface area (Å²) in [6, 6.07) is 0. The number of carbonyl (C=O) groups is 1. The van der Waals surface area contributed by atoms with Gasteiger partial charge in [0.1, 0.15) is 0 Å². The zero-order chi connectivity index (χ0) is 11.4. The van der Waals surface area contributed by atoms with Crippen molar-refractivity contribution in [2.45, 2.75) is 20.3 Å². The Morgan fingerprint density at radius 2 is 1.80 bits per heavy atom. The van der Waals surface area contributed by atoms with Gasteiger partial charge in [0, 0.05) is 18.9 Å². The molecule has 0 heterocycles. The SMILES string of the molecule is CCOCCOCCC#CC(=O)OCC. The minimum Gasteiger partial charge on any atom is -0.456 e. The zero-order valence-electron chi connectivity index (χ0n) is 9.38. The molecule has 0 radical (unpaired) electrons. The molecule has 0 aromatic rings. The first-order valence-corrected chi connectivity index (χ1v) is 5.12. The molecule has 0 unspecified atom stereocenters. The third-order valence-electron chi connectivity index (χ3n) is 1.41. The minimum absolute atomic E-state index is 0.359. The summed E-state index contributed by atoms with van der Waals surface area (Å²) in [7, 11) is 0. The Kier molecular flexibility index (Phi) is 10.3. The van der Waals surface area contributed by atoms with Crippen molar-refractivity contribution in [2.75, 3.05) is 33.0 Å². The molecular weight excluding hydrogens is 196 g/mol. The van der Waals surface area contributed by atoms with E-state index in [-0.39, 0.29) is 0 Å². The van der Waals surface area contributed by atoms with Crippen molar-refractivity contribution in [3.05, 3.63) is 0 Å². The monoisotopic (exact) mass is 214 g/mol. The number of esters is 1. The molecular formula is C11H18O4. The number of rotatable bonds is 7. The lowest BCUT2D eigenvalue weighted by Gasteiger charge is -2.00. The quantitative estimate of drug-likeness (QED) is 0.274. The number of hydrogen-bond acceptors (Lipinski definition) is 4. The molecule has 0 fully saturated rings. The van der Waals surface area contributed by atoms with Crippen LogP contribution in [0.4, 0.5) is 0 Å². The van der Waals surface area contributed by atoms with Crippen LogP contribution < -0.4 is 0 Å². The van der Waals surface area contributed by atoms with E-state index in [0.717, 1.165) is 0 Å². The lowest BCUT2D eigenvalue weighted by atomic mass is 10.4.